The third-order valence-electron chi connectivity index (χ3n) is 2.05. The van der Waals surface area contributed by atoms with Crippen molar-refractivity contribution in [2.24, 2.45) is 0 Å². The molecule has 0 bridgehead atoms. The molecule has 2 N–H and O–H groups in total. The molecule has 0 aliphatic rings. The molecule has 0 amide bonds. The number of aromatic nitrogens is 3. The first kappa shape index (κ1) is 10.5. The SMILES string of the molecule is CCCn1cc(Oc2ccnc(N)c2)cn1. The first-order chi connectivity index (χ1) is 7.78. The van der Waals surface area contributed by atoms with Crippen LogP contribution in [-0.2, 0) is 6.54 Å². The number of aryl methyl sites for hydroxylation is 1. The zero-order valence-electron chi connectivity index (χ0n) is 9.13. The Labute approximate surface area is 93.9 Å². The van der Waals surface area contributed by atoms with E-state index in [1.54, 1.807) is 24.5 Å². The van der Waals surface area contributed by atoms with Crippen molar-refractivity contribution in [1.82, 2.24) is 14.8 Å². The maximum Gasteiger partial charge on any atom is 0.165 e. The van der Waals surface area contributed by atoms with Gasteiger partial charge in [0.25, 0.3) is 0 Å². The number of anilines is 1. The van der Waals surface area contributed by atoms with Crippen LogP contribution in [0.1, 0.15) is 13.3 Å². The fraction of sp³-hybridized carbons (Fsp3) is 0.273. The molecular weight excluding hydrogens is 204 g/mol. The Morgan fingerprint density at radius 3 is 3.06 bits per heavy atom. The van der Waals surface area contributed by atoms with Gasteiger partial charge in [-0.1, -0.05) is 6.92 Å². The summed E-state index contributed by atoms with van der Waals surface area (Å²) in [6.07, 6.45) is 6.21. The Morgan fingerprint density at radius 1 is 1.44 bits per heavy atom. The zero-order chi connectivity index (χ0) is 11.4. The van der Waals surface area contributed by atoms with Gasteiger partial charge in [-0.25, -0.2) is 4.98 Å². The number of hydrogen-bond donors (Lipinski definition) is 1. The lowest BCUT2D eigenvalue weighted by Gasteiger charge is -2.02. The summed E-state index contributed by atoms with van der Waals surface area (Å²) in [7, 11) is 0. The van der Waals surface area contributed by atoms with Crippen LogP contribution in [0, 0.1) is 0 Å². The fourth-order valence-corrected chi connectivity index (χ4v) is 1.38. The summed E-state index contributed by atoms with van der Waals surface area (Å²) in [5.41, 5.74) is 5.55. The topological polar surface area (TPSA) is 66.0 Å². The second-order valence-corrected chi connectivity index (χ2v) is 3.46. The summed E-state index contributed by atoms with van der Waals surface area (Å²) in [5.74, 6) is 1.82. The van der Waals surface area contributed by atoms with Gasteiger partial charge in [-0.15, -0.1) is 0 Å². The number of ether oxygens (including phenoxy) is 1. The van der Waals surface area contributed by atoms with Crippen LogP contribution >= 0.6 is 0 Å². The highest BCUT2D eigenvalue weighted by Crippen LogP contribution is 2.21. The Bertz CT molecular complexity index is 467. The van der Waals surface area contributed by atoms with E-state index in [0.717, 1.165) is 13.0 Å². The van der Waals surface area contributed by atoms with E-state index in [-0.39, 0.29) is 0 Å². The van der Waals surface area contributed by atoms with Gasteiger partial charge < -0.3 is 10.5 Å². The molecule has 0 aliphatic heterocycles. The standard InChI is InChI=1S/C11H14N4O/c1-2-5-15-8-10(7-14-15)16-9-3-4-13-11(12)6-9/h3-4,6-8H,2,5H2,1H3,(H2,12,13). The lowest BCUT2D eigenvalue weighted by Crippen LogP contribution is -1.95. The summed E-state index contributed by atoms with van der Waals surface area (Å²) in [5, 5.41) is 4.17. The highest BCUT2D eigenvalue weighted by Gasteiger charge is 2.01. The molecule has 0 atom stereocenters. The molecule has 2 aromatic heterocycles. The highest BCUT2D eigenvalue weighted by atomic mass is 16.5. The summed E-state index contributed by atoms with van der Waals surface area (Å²) in [6, 6.07) is 3.44. The smallest absolute Gasteiger partial charge is 0.165 e. The van der Waals surface area contributed by atoms with Crippen LogP contribution in [-0.4, -0.2) is 14.8 Å². The summed E-state index contributed by atoms with van der Waals surface area (Å²) >= 11 is 0. The normalized spacial score (nSPS) is 10.3. The number of nitrogen functional groups attached to an aromatic ring is 1. The van der Waals surface area contributed by atoms with Crippen molar-refractivity contribution in [3.05, 3.63) is 30.7 Å². The van der Waals surface area contributed by atoms with Gasteiger partial charge in [0.15, 0.2) is 5.75 Å². The lowest BCUT2D eigenvalue weighted by atomic mass is 10.4. The van der Waals surface area contributed by atoms with Crippen molar-refractivity contribution in [3.8, 4) is 11.5 Å². The van der Waals surface area contributed by atoms with Gasteiger partial charge in [0.1, 0.15) is 11.6 Å². The second-order valence-electron chi connectivity index (χ2n) is 3.46. The lowest BCUT2D eigenvalue weighted by molar-refractivity contribution is 0.480. The molecule has 84 valence electrons. The van der Waals surface area contributed by atoms with Gasteiger partial charge in [-0.05, 0) is 12.5 Å². The number of pyridine rings is 1. The minimum Gasteiger partial charge on any atom is -0.454 e. The molecule has 5 heteroatoms. The first-order valence-electron chi connectivity index (χ1n) is 5.20. The van der Waals surface area contributed by atoms with Crippen LogP contribution in [0.5, 0.6) is 11.5 Å². The average Bonchev–Trinajstić information content (AvgIpc) is 2.66. The average molecular weight is 218 g/mol. The Kier molecular flexibility index (Phi) is 3.05. The van der Waals surface area contributed by atoms with Crippen LogP contribution < -0.4 is 10.5 Å². The Hall–Kier alpha value is -2.04. The maximum atomic E-state index is 5.58. The first-order valence-corrected chi connectivity index (χ1v) is 5.20. The third-order valence-corrected chi connectivity index (χ3v) is 2.05. The Balaban J connectivity index is 2.08. The van der Waals surface area contributed by atoms with Crippen molar-refractivity contribution in [3.63, 3.8) is 0 Å². The second kappa shape index (κ2) is 4.65. The zero-order valence-corrected chi connectivity index (χ0v) is 9.13. The summed E-state index contributed by atoms with van der Waals surface area (Å²) in [4.78, 5) is 3.89. The van der Waals surface area contributed by atoms with Gasteiger partial charge in [0.2, 0.25) is 0 Å². The van der Waals surface area contributed by atoms with Gasteiger partial charge in [0, 0.05) is 18.8 Å². The molecule has 16 heavy (non-hydrogen) atoms. The van der Waals surface area contributed by atoms with E-state index in [4.69, 9.17) is 10.5 Å². The molecule has 5 nitrogen and oxygen atoms in total. The minimum atomic E-state index is 0.443. The quantitative estimate of drug-likeness (QED) is 0.853. The molecule has 0 fully saturated rings. The molecule has 0 saturated carbocycles. The fourth-order valence-electron chi connectivity index (χ4n) is 1.38. The minimum absolute atomic E-state index is 0.443. The predicted molar refractivity (Wildman–Crippen MR) is 61.2 cm³/mol. The molecule has 0 spiro atoms. The van der Waals surface area contributed by atoms with Gasteiger partial charge in [0.05, 0.1) is 12.4 Å². The predicted octanol–water partition coefficient (Wildman–Crippen LogP) is 2.06. The van der Waals surface area contributed by atoms with Crippen LogP contribution in [0.2, 0.25) is 0 Å². The van der Waals surface area contributed by atoms with E-state index in [9.17, 15) is 0 Å². The molecule has 0 unspecified atom stereocenters. The van der Waals surface area contributed by atoms with E-state index in [0.29, 0.717) is 17.3 Å². The number of nitrogens with two attached hydrogens (primary N) is 1. The van der Waals surface area contributed by atoms with Gasteiger partial charge in [-0.2, -0.15) is 5.10 Å². The van der Waals surface area contributed by atoms with Crippen molar-refractivity contribution < 1.29 is 4.74 Å². The summed E-state index contributed by atoms with van der Waals surface area (Å²) < 4.78 is 7.43. The van der Waals surface area contributed by atoms with Crippen LogP contribution in [0.4, 0.5) is 5.82 Å². The molecular formula is C11H14N4O. The third kappa shape index (κ3) is 2.50. The van der Waals surface area contributed by atoms with Gasteiger partial charge in [-0.3, -0.25) is 4.68 Å². The van der Waals surface area contributed by atoms with Gasteiger partial charge >= 0.3 is 0 Å². The number of hydrogen-bond acceptors (Lipinski definition) is 4. The van der Waals surface area contributed by atoms with E-state index < -0.39 is 0 Å². The van der Waals surface area contributed by atoms with Crippen LogP contribution in [0.3, 0.4) is 0 Å². The maximum absolute atomic E-state index is 5.58. The number of rotatable bonds is 4. The van der Waals surface area contributed by atoms with E-state index in [1.807, 2.05) is 10.9 Å². The highest BCUT2D eigenvalue weighted by molar-refractivity contribution is 5.37. The molecule has 2 rings (SSSR count). The molecule has 0 saturated heterocycles. The molecule has 0 aromatic carbocycles. The van der Waals surface area contributed by atoms with Crippen LogP contribution in [0.25, 0.3) is 0 Å². The largest absolute Gasteiger partial charge is 0.454 e. The van der Waals surface area contributed by atoms with E-state index in [1.165, 1.54) is 0 Å². The van der Waals surface area contributed by atoms with E-state index in [2.05, 4.69) is 17.0 Å². The van der Waals surface area contributed by atoms with Crippen molar-refractivity contribution in [1.29, 1.82) is 0 Å². The molecule has 0 radical (unpaired) electrons. The molecule has 0 aliphatic carbocycles. The van der Waals surface area contributed by atoms with Crippen molar-refractivity contribution >= 4 is 5.82 Å². The van der Waals surface area contributed by atoms with Crippen molar-refractivity contribution in [2.45, 2.75) is 19.9 Å². The molecule has 2 heterocycles. The Morgan fingerprint density at radius 2 is 2.31 bits per heavy atom. The van der Waals surface area contributed by atoms with Crippen LogP contribution in [0.15, 0.2) is 30.7 Å². The van der Waals surface area contributed by atoms with E-state index >= 15 is 0 Å². The monoisotopic (exact) mass is 218 g/mol. The summed E-state index contributed by atoms with van der Waals surface area (Å²) in [6.45, 7) is 2.99. The number of nitrogens with zero attached hydrogens (tertiary/aromatic N) is 3. The molecule has 2 aromatic rings. The van der Waals surface area contributed by atoms with Crippen molar-refractivity contribution in [2.75, 3.05) is 5.73 Å².